The molecule has 0 aliphatic heterocycles. The van der Waals surface area contributed by atoms with E-state index >= 15 is 0 Å². The van der Waals surface area contributed by atoms with Crippen LogP contribution in [0.4, 0.5) is 0 Å². The smallest absolute Gasteiger partial charge is 0.207 e. The van der Waals surface area contributed by atoms with Crippen molar-refractivity contribution < 1.29 is 8.42 Å². The Morgan fingerprint density at radius 3 is 2.50 bits per heavy atom. The molecule has 1 aromatic rings. The fraction of sp³-hybridized carbons (Fsp3) is 0.600. The number of hydrogen-bond acceptors (Lipinski definition) is 2. The molecule has 0 spiro atoms. The quantitative estimate of drug-likeness (QED) is 0.754. The maximum atomic E-state index is 12.7. The number of aryl methyl sites for hydroxylation is 1. The van der Waals surface area contributed by atoms with Gasteiger partial charge in [-0.25, -0.2) is 8.42 Å². The van der Waals surface area contributed by atoms with E-state index in [0.717, 1.165) is 30.4 Å². The van der Waals surface area contributed by atoms with Gasteiger partial charge in [-0.2, -0.15) is 4.31 Å². The zero-order valence-electron chi connectivity index (χ0n) is 12.3. The first-order chi connectivity index (χ1) is 9.41. The molecule has 0 N–H and O–H groups in total. The second-order valence-corrected chi connectivity index (χ2v) is 7.78. The van der Waals surface area contributed by atoms with Gasteiger partial charge in [0.2, 0.25) is 10.0 Å². The van der Waals surface area contributed by atoms with Crippen molar-refractivity contribution >= 4 is 21.6 Å². The predicted octanol–water partition coefficient (Wildman–Crippen LogP) is 3.41. The minimum atomic E-state index is -3.43. The van der Waals surface area contributed by atoms with Gasteiger partial charge in [-0.1, -0.05) is 13.0 Å². The third-order valence-electron chi connectivity index (χ3n) is 4.26. The van der Waals surface area contributed by atoms with Crippen LogP contribution in [0.3, 0.4) is 0 Å². The third-order valence-corrected chi connectivity index (χ3v) is 6.49. The van der Waals surface area contributed by atoms with Crippen LogP contribution in [0.5, 0.6) is 0 Å². The molecule has 0 aromatic heterocycles. The molecule has 2 rings (SSSR count). The van der Waals surface area contributed by atoms with E-state index in [-0.39, 0.29) is 6.04 Å². The molecule has 0 bridgehead atoms. The number of nitrogens with zero attached hydrogens (tertiary/aromatic N) is 1. The molecule has 0 saturated heterocycles. The van der Waals surface area contributed by atoms with E-state index in [1.54, 1.807) is 19.2 Å². The molecular formula is C15H22ClNO2S. The molecule has 1 aliphatic carbocycles. The Morgan fingerprint density at radius 1 is 1.35 bits per heavy atom. The zero-order chi connectivity index (χ0) is 14.9. The highest BCUT2D eigenvalue weighted by molar-refractivity contribution is 7.89. The van der Waals surface area contributed by atoms with Gasteiger partial charge in [0.15, 0.2) is 0 Å². The largest absolute Gasteiger partial charge is 0.243 e. The second kappa shape index (κ2) is 6.04. The van der Waals surface area contributed by atoms with Gasteiger partial charge in [-0.3, -0.25) is 0 Å². The Hall–Kier alpha value is -0.580. The summed E-state index contributed by atoms with van der Waals surface area (Å²) in [6.45, 7) is 4.03. The first kappa shape index (κ1) is 15.8. The summed E-state index contributed by atoms with van der Waals surface area (Å²) in [6.07, 6.45) is 3.11. The van der Waals surface area contributed by atoms with Crippen LogP contribution in [0.25, 0.3) is 0 Å². The number of benzene rings is 1. The summed E-state index contributed by atoms with van der Waals surface area (Å²) in [5, 5.41) is 0. The van der Waals surface area contributed by atoms with E-state index in [9.17, 15) is 8.42 Å². The highest BCUT2D eigenvalue weighted by Gasteiger charge is 2.36. The molecule has 1 fully saturated rings. The molecular weight excluding hydrogens is 294 g/mol. The highest BCUT2D eigenvalue weighted by atomic mass is 35.5. The lowest BCUT2D eigenvalue weighted by atomic mass is 10.1. The van der Waals surface area contributed by atoms with Crippen LogP contribution in [-0.2, 0) is 22.3 Å². The highest BCUT2D eigenvalue weighted by Crippen LogP contribution is 2.36. The summed E-state index contributed by atoms with van der Waals surface area (Å²) in [7, 11) is -1.75. The summed E-state index contributed by atoms with van der Waals surface area (Å²) >= 11 is 5.93. The third kappa shape index (κ3) is 3.02. The van der Waals surface area contributed by atoms with E-state index in [1.807, 2.05) is 19.9 Å². The fourth-order valence-electron chi connectivity index (χ4n) is 2.49. The summed E-state index contributed by atoms with van der Waals surface area (Å²) in [4.78, 5) is 0.348. The maximum Gasteiger partial charge on any atom is 0.243 e. The Bertz CT molecular complexity index is 582. The van der Waals surface area contributed by atoms with Crippen LogP contribution in [-0.4, -0.2) is 25.8 Å². The van der Waals surface area contributed by atoms with E-state index < -0.39 is 10.0 Å². The molecule has 1 atom stereocenters. The van der Waals surface area contributed by atoms with E-state index in [4.69, 9.17) is 11.6 Å². The van der Waals surface area contributed by atoms with Crippen LogP contribution in [0.15, 0.2) is 23.1 Å². The predicted molar refractivity (Wildman–Crippen MR) is 82.5 cm³/mol. The van der Waals surface area contributed by atoms with Crippen molar-refractivity contribution in [2.24, 2.45) is 5.92 Å². The van der Waals surface area contributed by atoms with Gasteiger partial charge in [0.1, 0.15) is 0 Å². The van der Waals surface area contributed by atoms with Gasteiger partial charge in [-0.05, 0) is 55.4 Å². The molecule has 1 aromatic carbocycles. The Labute approximate surface area is 127 Å². The Morgan fingerprint density at radius 2 is 2.00 bits per heavy atom. The lowest BCUT2D eigenvalue weighted by Crippen LogP contribution is -2.36. The van der Waals surface area contributed by atoms with Gasteiger partial charge in [0.25, 0.3) is 0 Å². The molecule has 1 aliphatic rings. The van der Waals surface area contributed by atoms with Gasteiger partial charge in [0, 0.05) is 19.0 Å². The van der Waals surface area contributed by atoms with Gasteiger partial charge in [-0.15, -0.1) is 11.6 Å². The summed E-state index contributed by atoms with van der Waals surface area (Å²) in [6, 6.07) is 5.35. The average Bonchev–Trinajstić information content (AvgIpc) is 3.29. The molecule has 1 unspecified atom stereocenters. The maximum absolute atomic E-state index is 12.7. The lowest BCUT2D eigenvalue weighted by molar-refractivity contribution is 0.357. The van der Waals surface area contributed by atoms with E-state index in [1.165, 1.54) is 4.31 Å². The number of hydrogen-bond donors (Lipinski definition) is 0. The Balaban J connectivity index is 2.33. The van der Waals surface area contributed by atoms with Crippen LogP contribution < -0.4 is 0 Å². The summed E-state index contributed by atoms with van der Waals surface area (Å²) < 4.78 is 26.8. The average molecular weight is 316 g/mol. The van der Waals surface area contributed by atoms with Gasteiger partial charge in [0.05, 0.1) is 4.90 Å². The molecule has 0 radical (unpaired) electrons. The molecule has 20 heavy (non-hydrogen) atoms. The molecule has 0 heterocycles. The van der Waals surface area contributed by atoms with Crippen LogP contribution in [0.2, 0.25) is 0 Å². The number of alkyl halides is 1. The van der Waals surface area contributed by atoms with Crippen molar-refractivity contribution in [1.29, 1.82) is 0 Å². The molecule has 5 heteroatoms. The van der Waals surface area contributed by atoms with Gasteiger partial charge >= 0.3 is 0 Å². The second-order valence-electron chi connectivity index (χ2n) is 5.52. The summed E-state index contributed by atoms with van der Waals surface area (Å²) in [5.41, 5.74) is 2.01. The Kier molecular flexibility index (Phi) is 4.77. The van der Waals surface area contributed by atoms with Crippen molar-refractivity contribution in [2.45, 2.75) is 49.9 Å². The topological polar surface area (TPSA) is 37.4 Å². The van der Waals surface area contributed by atoms with Crippen LogP contribution in [0, 0.1) is 5.92 Å². The summed E-state index contributed by atoms with van der Waals surface area (Å²) in [5.74, 6) is 0.853. The minimum absolute atomic E-state index is 0.0605. The van der Waals surface area contributed by atoms with Crippen LogP contribution >= 0.6 is 11.6 Å². The lowest BCUT2D eigenvalue weighted by Gasteiger charge is -2.24. The van der Waals surface area contributed by atoms with Crippen molar-refractivity contribution in [2.75, 3.05) is 7.05 Å². The van der Waals surface area contributed by atoms with Crippen molar-refractivity contribution in [3.8, 4) is 0 Å². The van der Waals surface area contributed by atoms with E-state index in [0.29, 0.717) is 16.7 Å². The molecule has 0 amide bonds. The van der Waals surface area contributed by atoms with Crippen molar-refractivity contribution in [1.82, 2.24) is 4.31 Å². The van der Waals surface area contributed by atoms with Crippen LogP contribution in [0.1, 0.15) is 37.8 Å². The number of sulfonamides is 1. The number of rotatable bonds is 6. The minimum Gasteiger partial charge on any atom is -0.207 e. The normalized spacial score (nSPS) is 17.4. The van der Waals surface area contributed by atoms with E-state index in [2.05, 4.69) is 0 Å². The SMILES string of the molecule is CCc1ccc(S(=O)(=O)N(C)C(C)C2CC2)cc1CCl. The number of halogens is 1. The fourth-order valence-corrected chi connectivity index (χ4v) is 4.22. The molecule has 1 saturated carbocycles. The van der Waals surface area contributed by atoms with Gasteiger partial charge < -0.3 is 0 Å². The molecule has 3 nitrogen and oxygen atoms in total. The molecule has 112 valence electrons. The monoisotopic (exact) mass is 315 g/mol. The van der Waals surface area contributed by atoms with Crippen molar-refractivity contribution in [3.05, 3.63) is 29.3 Å². The van der Waals surface area contributed by atoms with Crippen molar-refractivity contribution in [3.63, 3.8) is 0 Å². The standard InChI is InChI=1S/C15H22ClNO2S/c1-4-12-7-8-15(9-14(12)10-16)20(18,19)17(3)11(2)13-5-6-13/h7-9,11,13H,4-6,10H2,1-3H3. The first-order valence-electron chi connectivity index (χ1n) is 7.07. The zero-order valence-corrected chi connectivity index (χ0v) is 13.8. The first-order valence-corrected chi connectivity index (χ1v) is 9.05.